The number of ketones is 1. The Morgan fingerprint density at radius 1 is 1.44 bits per heavy atom. The van der Waals surface area contributed by atoms with Gasteiger partial charge < -0.3 is 5.32 Å². The average molecular weight is 236 g/mol. The topological polar surface area (TPSA) is 46.2 Å². The Hall–Kier alpha value is -1.35. The Bertz CT molecular complexity index is 506. The van der Waals surface area contributed by atoms with Gasteiger partial charge in [-0.25, -0.2) is 0 Å². The van der Waals surface area contributed by atoms with Crippen LogP contribution < -0.4 is 5.32 Å². The van der Waals surface area contributed by atoms with Crippen molar-refractivity contribution in [2.75, 3.05) is 11.2 Å². The van der Waals surface area contributed by atoms with Crippen molar-refractivity contribution in [3.8, 4) is 0 Å². The third kappa shape index (κ3) is 1.15. The number of amides is 1. The molecule has 0 unspecified atom stereocenters. The minimum Gasteiger partial charge on any atom is -0.325 e. The summed E-state index contributed by atoms with van der Waals surface area (Å²) >= 11 is 5.52. The van der Waals surface area contributed by atoms with Crippen LogP contribution in [0.1, 0.15) is 28.8 Å². The number of hydrogen-bond donors (Lipinski definition) is 1. The Balaban J connectivity index is 2.10. The van der Waals surface area contributed by atoms with E-state index in [0.29, 0.717) is 5.56 Å². The molecule has 4 heteroatoms. The molecule has 1 aromatic carbocycles. The first kappa shape index (κ1) is 9.85. The smallest absolute Gasteiger partial charge is 0.235 e. The van der Waals surface area contributed by atoms with Crippen LogP contribution in [0.25, 0.3) is 0 Å². The van der Waals surface area contributed by atoms with Gasteiger partial charge in [0.15, 0.2) is 5.78 Å². The Morgan fingerprint density at radius 3 is 2.81 bits per heavy atom. The fraction of sp³-hybridized carbons (Fsp3) is 0.333. The summed E-state index contributed by atoms with van der Waals surface area (Å²) in [5.74, 6) is -0.0507. The summed E-state index contributed by atoms with van der Waals surface area (Å²) in [6, 6.07) is 5.32. The zero-order valence-corrected chi connectivity index (χ0v) is 9.30. The van der Waals surface area contributed by atoms with E-state index in [2.05, 4.69) is 5.32 Å². The molecule has 1 amide bonds. The third-order valence-electron chi connectivity index (χ3n) is 3.41. The monoisotopic (exact) mass is 235 g/mol. The van der Waals surface area contributed by atoms with Gasteiger partial charge in [-0.15, -0.1) is 11.6 Å². The molecule has 1 heterocycles. The molecular weight excluding hydrogens is 226 g/mol. The average Bonchev–Trinajstić information content (AvgIpc) is 3.04. The van der Waals surface area contributed by atoms with Gasteiger partial charge in [-0.3, -0.25) is 9.59 Å². The summed E-state index contributed by atoms with van der Waals surface area (Å²) in [4.78, 5) is 23.2. The normalized spacial score (nSPS) is 19.4. The van der Waals surface area contributed by atoms with E-state index < -0.39 is 0 Å². The van der Waals surface area contributed by atoms with E-state index in [0.717, 1.165) is 24.1 Å². The lowest BCUT2D eigenvalue weighted by Gasteiger charge is -2.05. The summed E-state index contributed by atoms with van der Waals surface area (Å²) in [5.41, 5.74) is 2.07. The maximum absolute atomic E-state index is 11.7. The molecule has 1 fully saturated rings. The van der Waals surface area contributed by atoms with Crippen LogP contribution in [-0.4, -0.2) is 17.6 Å². The Morgan fingerprint density at radius 2 is 2.19 bits per heavy atom. The van der Waals surface area contributed by atoms with E-state index in [9.17, 15) is 9.59 Å². The minimum absolute atomic E-state index is 0.0207. The fourth-order valence-corrected chi connectivity index (χ4v) is 2.44. The predicted octanol–water partition coefficient (Wildman–Crippen LogP) is 2.09. The summed E-state index contributed by atoms with van der Waals surface area (Å²) in [6.45, 7) is 0. The SMILES string of the molecule is O=C(CCl)c1ccc2c(c1)C1(CC1)C(=O)N2. The number of rotatable bonds is 2. The fourth-order valence-electron chi connectivity index (χ4n) is 2.29. The molecule has 1 N–H and O–H groups in total. The van der Waals surface area contributed by atoms with Crippen LogP contribution in [0.15, 0.2) is 18.2 Å². The van der Waals surface area contributed by atoms with Gasteiger partial charge in [-0.1, -0.05) is 0 Å². The van der Waals surface area contributed by atoms with E-state index in [1.807, 2.05) is 6.07 Å². The summed E-state index contributed by atoms with van der Waals surface area (Å²) in [6.07, 6.45) is 1.76. The van der Waals surface area contributed by atoms with Crippen LogP contribution in [0, 0.1) is 0 Å². The van der Waals surface area contributed by atoms with Gasteiger partial charge in [0, 0.05) is 11.3 Å². The van der Waals surface area contributed by atoms with E-state index in [4.69, 9.17) is 11.6 Å². The quantitative estimate of drug-likeness (QED) is 0.630. The number of hydrogen-bond acceptors (Lipinski definition) is 2. The Kier molecular flexibility index (Phi) is 1.89. The molecule has 1 aliphatic carbocycles. The standard InChI is InChI=1S/C12H10ClNO2/c13-6-10(15)7-1-2-9-8(5-7)12(3-4-12)11(16)14-9/h1-2,5H,3-4,6H2,(H,14,16). The van der Waals surface area contributed by atoms with Gasteiger partial charge in [0.2, 0.25) is 5.91 Å². The van der Waals surface area contributed by atoms with Crippen molar-refractivity contribution >= 4 is 29.0 Å². The van der Waals surface area contributed by atoms with Gasteiger partial charge in [-0.2, -0.15) is 0 Å². The number of Topliss-reactive ketones (excluding diaryl/α,β-unsaturated/α-hetero) is 1. The lowest BCUT2D eigenvalue weighted by atomic mass is 9.95. The maximum atomic E-state index is 11.7. The number of fused-ring (bicyclic) bond motifs is 2. The number of carbonyl (C=O) groups excluding carboxylic acids is 2. The molecule has 1 saturated carbocycles. The lowest BCUT2D eigenvalue weighted by molar-refractivity contribution is -0.117. The summed E-state index contributed by atoms with van der Waals surface area (Å²) in [5, 5.41) is 2.85. The third-order valence-corrected chi connectivity index (χ3v) is 3.65. The maximum Gasteiger partial charge on any atom is 0.235 e. The highest BCUT2D eigenvalue weighted by molar-refractivity contribution is 6.30. The second-order valence-corrected chi connectivity index (χ2v) is 4.62. The van der Waals surface area contributed by atoms with Crippen LogP contribution in [0.5, 0.6) is 0 Å². The number of anilines is 1. The van der Waals surface area contributed by atoms with Gasteiger partial charge in [0.05, 0.1) is 11.3 Å². The van der Waals surface area contributed by atoms with Crippen molar-refractivity contribution in [2.45, 2.75) is 18.3 Å². The summed E-state index contributed by atoms with van der Waals surface area (Å²) in [7, 11) is 0. The molecule has 0 saturated heterocycles. The zero-order chi connectivity index (χ0) is 11.3. The highest BCUT2D eigenvalue weighted by atomic mass is 35.5. The second kappa shape index (κ2) is 3.08. The molecule has 1 spiro atoms. The second-order valence-electron chi connectivity index (χ2n) is 4.35. The number of nitrogens with one attached hydrogen (secondary N) is 1. The minimum atomic E-state index is -0.335. The first-order valence-corrected chi connectivity index (χ1v) is 5.76. The van der Waals surface area contributed by atoms with Crippen molar-refractivity contribution in [1.82, 2.24) is 0 Å². The zero-order valence-electron chi connectivity index (χ0n) is 8.55. The first-order valence-electron chi connectivity index (χ1n) is 5.22. The largest absolute Gasteiger partial charge is 0.325 e. The van der Waals surface area contributed by atoms with E-state index in [-0.39, 0.29) is 23.0 Å². The predicted molar refractivity (Wildman–Crippen MR) is 61.0 cm³/mol. The molecule has 16 heavy (non-hydrogen) atoms. The highest BCUT2D eigenvalue weighted by Crippen LogP contribution is 2.55. The first-order chi connectivity index (χ1) is 7.67. The molecule has 0 atom stereocenters. The van der Waals surface area contributed by atoms with Crippen LogP contribution in [0.4, 0.5) is 5.69 Å². The van der Waals surface area contributed by atoms with E-state index in [1.54, 1.807) is 12.1 Å². The van der Waals surface area contributed by atoms with Gasteiger partial charge >= 0.3 is 0 Å². The molecule has 3 rings (SSSR count). The Labute approximate surface area is 97.8 Å². The molecule has 0 radical (unpaired) electrons. The van der Waals surface area contributed by atoms with Gasteiger partial charge in [0.25, 0.3) is 0 Å². The summed E-state index contributed by atoms with van der Waals surface area (Å²) < 4.78 is 0. The van der Waals surface area contributed by atoms with Crippen LogP contribution >= 0.6 is 11.6 Å². The number of carbonyl (C=O) groups is 2. The van der Waals surface area contributed by atoms with Crippen molar-refractivity contribution in [1.29, 1.82) is 0 Å². The molecule has 2 aliphatic rings. The van der Waals surface area contributed by atoms with Crippen molar-refractivity contribution < 1.29 is 9.59 Å². The molecule has 82 valence electrons. The van der Waals surface area contributed by atoms with Crippen molar-refractivity contribution in [2.24, 2.45) is 0 Å². The lowest BCUT2D eigenvalue weighted by Crippen LogP contribution is -2.18. The number of halogens is 1. The molecular formula is C12H10ClNO2. The van der Waals surface area contributed by atoms with Crippen molar-refractivity contribution in [3.05, 3.63) is 29.3 Å². The highest BCUT2D eigenvalue weighted by Gasteiger charge is 2.56. The molecule has 1 aliphatic heterocycles. The van der Waals surface area contributed by atoms with Crippen molar-refractivity contribution in [3.63, 3.8) is 0 Å². The molecule has 3 nitrogen and oxygen atoms in total. The molecule has 0 aromatic heterocycles. The van der Waals surface area contributed by atoms with Gasteiger partial charge in [-0.05, 0) is 36.6 Å². The van der Waals surface area contributed by atoms with Crippen LogP contribution in [0.2, 0.25) is 0 Å². The van der Waals surface area contributed by atoms with Crippen LogP contribution in [-0.2, 0) is 10.2 Å². The number of alkyl halides is 1. The van der Waals surface area contributed by atoms with E-state index >= 15 is 0 Å². The molecule has 0 bridgehead atoms. The molecule has 1 aromatic rings. The van der Waals surface area contributed by atoms with E-state index in [1.165, 1.54) is 0 Å². The van der Waals surface area contributed by atoms with Gasteiger partial charge in [0.1, 0.15) is 0 Å². The van der Waals surface area contributed by atoms with Crippen LogP contribution in [0.3, 0.4) is 0 Å². The number of benzene rings is 1.